The van der Waals surface area contributed by atoms with Crippen LogP contribution in [-0.2, 0) is 13.0 Å². The van der Waals surface area contributed by atoms with Crippen LogP contribution >= 0.6 is 0 Å². The van der Waals surface area contributed by atoms with E-state index in [1.165, 1.54) is 0 Å². The number of nitrogens with zero attached hydrogens (tertiary/aromatic N) is 4. The fourth-order valence-corrected chi connectivity index (χ4v) is 6.67. The number of fused-ring (bicyclic) bond motifs is 2. The Morgan fingerprint density at radius 3 is 2.18 bits per heavy atom. The molecular weight excluding hydrogens is 640 g/mol. The van der Waals surface area contributed by atoms with Crippen molar-refractivity contribution in [3.05, 3.63) is 119 Å². The van der Waals surface area contributed by atoms with Gasteiger partial charge in [-0.15, -0.1) is 0 Å². The summed E-state index contributed by atoms with van der Waals surface area (Å²) in [6, 6.07) is 27.5. The van der Waals surface area contributed by atoms with E-state index < -0.39 is 12.1 Å². The maximum Gasteiger partial charge on any atom is 0.323 e. The van der Waals surface area contributed by atoms with E-state index in [-0.39, 0.29) is 24.0 Å². The Labute approximate surface area is 299 Å². The number of aromatic nitrogens is 2. The third-order valence-electron chi connectivity index (χ3n) is 9.50. The lowest BCUT2D eigenvalue weighted by atomic mass is 9.93. The van der Waals surface area contributed by atoms with Gasteiger partial charge in [-0.2, -0.15) is 5.10 Å². The second-order valence-electron chi connectivity index (χ2n) is 13.2. The number of unbranched alkanes of at least 4 members (excludes halogenated alkanes) is 2. The number of anilines is 2. The number of aliphatic hydroxyl groups excluding tert-OH is 1. The number of nitrogens with one attached hydrogen (secondary N) is 2. The van der Waals surface area contributed by atoms with Gasteiger partial charge >= 0.3 is 6.03 Å². The highest BCUT2D eigenvalue weighted by Gasteiger charge is 2.32. The van der Waals surface area contributed by atoms with Crippen LogP contribution in [0, 0.1) is 6.92 Å². The summed E-state index contributed by atoms with van der Waals surface area (Å²) in [4.78, 5) is 45.1. The van der Waals surface area contributed by atoms with Crippen LogP contribution in [0.4, 0.5) is 16.2 Å². The number of benzene rings is 4. The molecule has 1 aliphatic heterocycles. The second-order valence-corrected chi connectivity index (χ2v) is 13.2. The predicted octanol–water partition coefficient (Wildman–Crippen LogP) is 7.58. The molecule has 0 aliphatic carbocycles. The molecule has 0 fully saturated rings. The van der Waals surface area contributed by atoms with Crippen LogP contribution in [0.2, 0.25) is 0 Å². The molecule has 51 heavy (non-hydrogen) atoms. The van der Waals surface area contributed by atoms with Gasteiger partial charge in [0.2, 0.25) is 0 Å². The number of amides is 4. The smallest absolute Gasteiger partial charge is 0.323 e. The van der Waals surface area contributed by atoms with Gasteiger partial charge in [0.05, 0.1) is 23.9 Å². The summed E-state index contributed by atoms with van der Waals surface area (Å²) in [7, 11) is 0. The molecule has 1 aromatic heterocycles. The van der Waals surface area contributed by atoms with E-state index >= 15 is 0 Å². The summed E-state index contributed by atoms with van der Waals surface area (Å²) in [6.07, 6.45) is 4.28. The average Bonchev–Trinajstić information content (AvgIpc) is 3.54. The van der Waals surface area contributed by atoms with Crippen molar-refractivity contribution < 1.29 is 19.5 Å². The molecule has 0 bridgehead atoms. The number of urea groups is 1. The number of rotatable bonds is 12. The van der Waals surface area contributed by atoms with Crippen LogP contribution in [0.25, 0.3) is 16.5 Å². The molecule has 1 aliphatic rings. The van der Waals surface area contributed by atoms with Crippen LogP contribution in [0.3, 0.4) is 0 Å². The van der Waals surface area contributed by atoms with Crippen LogP contribution in [-0.4, -0.2) is 68.3 Å². The first-order chi connectivity index (χ1) is 24.8. The van der Waals surface area contributed by atoms with Gasteiger partial charge in [0.25, 0.3) is 11.8 Å². The largest absolute Gasteiger partial charge is 0.394 e. The highest BCUT2D eigenvalue weighted by atomic mass is 16.3. The first-order valence-corrected chi connectivity index (χ1v) is 17.8. The molecule has 10 heteroatoms. The quantitative estimate of drug-likeness (QED) is 0.125. The van der Waals surface area contributed by atoms with Crippen LogP contribution < -0.4 is 10.6 Å². The molecule has 0 spiro atoms. The molecular formula is C41H46N6O4. The van der Waals surface area contributed by atoms with E-state index in [2.05, 4.69) is 24.5 Å². The van der Waals surface area contributed by atoms with Crippen molar-refractivity contribution >= 4 is 40.0 Å². The average molecular weight is 687 g/mol. The summed E-state index contributed by atoms with van der Waals surface area (Å²) in [5, 5.41) is 23.0. The number of carbonyl (C=O) groups is 3. The molecule has 5 aromatic rings. The van der Waals surface area contributed by atoms with Gasteiger partial charge in [0, 0.05) is 36.7 Å². The van der Waals surface area contributed by atoms with Gasteiger partial charge in [-0.3, -0.25) is 9.59 Å². The summed E-state index contributed by atoms with van der Waals surface area (Å²) < 4.78 is 1.63. The normalized spacial score (nSPS) is 13.9. The van der Waals surface area contributed by atoms with Gasteiger partial charge in [0.1, 0.15) is 0 Å². The van der Waals surface area contributed by atoms with E-state index in [4.69, 9.17) is 5.10 Å². The lowest BCUT2D eigenvalue weighted by molar-refractivity contribution is 0.0544. The summed E-state index contributed by atoms with van der Waals surface area (Å²) in [5.41, 5.74) is 4.92. The van der Waals surface area contributed by atoms with Crippen molar-refractivity contribution in [3.63, 3.8) is 0 Å². The number of carbonyl (C=O) groups excluding carboxylic acids is 3. The highest BCUT2D eigenvalue weighted by Crippen LogP contribution is 2.29. The Hall–Kier alpha value is -5.48. The Morgan fingerprint density at radius 1 is 0.824 bits per heavy atom. The minimum absolute atomic E-state index is 0.136. The Kier molecular flexibility index (Phi) is 11.1. The number of aliphatic hydroxyl groups is 1. The van der Waals surface area contributed by atoms with Crippen LogP contribution in [0.15, 0.2) is 91.0 Å². The molecule has 0 saturated heterocycles. The van der Waals surface area contributed by atoms with Crippen LogP contribution in [0.5, 0.6) is 0 Å². The van der Waals surface area contributed by atoms with Crippen molar-refractivity contribution in [1.82, 2.24) is 19.6 Å². The highest BCUT2D eigenvalue weighted by molar-refractivity contribution is 6.04. The Balaban J connectivity index is 1.34. The van der Waals surface area contributed by atoms with E-state index in [0.717, 1.165) is 47.6 Å². The summed E-state index contributed by atoms with van der Waals surface area (Å²) >= 11 is 0. The zero-order valence-corrected chi connectivity index (χ0v) is 29.6. The summed E-state index contributed by atoms with van der Waals surface area (Å²) in [5.74, 6) is -0.448. The van der Waals surface area contributed by atoms with E-state index in [1.54, 1.807) is 33.8 Å². The molecule has 4 amide bonds. The molecule has 0 saturated carbocycles. The second kappa shape index (κ2) is 16.0. The molecule has 6 rings (SSSR count). The van der Waals surface area contributed by atoms with Gasteiger partial charge in [0.15, 0.2) is 5.69 Å². The van der Waals surface area contributed by atoms with E-state index in [9.17, 15) is 19.5 Å². The number of hydrogen-bond donors (Lipinski definition) is 3. The summed E-state index contributed by atoms with van der Waals surface area (Å²) in [6.45, 7) is 7.51. The lowest BCUT2D eigenvalue weighted by Gasteiger charge is -2.36. The Morgan fingerprint density at radius 2 is 1.47 bits per heavy atom. The molecule has 3 N–H and O–H groups in total. The predicted molar refractivity (Wildman–Crippen MR) is 202 cm³/mol. The topological polar surface area (TPSA) is 120 Å². The minimum Gasteiger partial charge on any atom is -0.394 e. The monoisotopic (exact) mass is 686 g/mol. The van der Waals surface area contributed by atoms with Gasteiger partial charge < -0.3 is 25.5 Å². The standard InChI is InChI=1S/C41H46N6O4/c1-4-6-20-45(21-7-5-2)40(50)37-22-28(3)47(44-37)38-19-18-34(43-41(51)42-33-17-16-29-12-8-9-13-30(29)23-33)25-36(38)39(49)46-26-32-15-11-10-14-31(32)24-35(46)27-48/h8-19,22-23,25,35,48H,4-7,20-21,24,26-27H2,1-3H3,(H2,42,43,51)/t35-/m0/s1. The number of aryl methyl sites for hydroxylation is 1. The van der Waals surface area contributed by atoms with Gasteiger partial charge in [-0.1, -0.05) is 81.3 Å². The Bertz CT molecular complexity index is 2030. The fourth-order valence-electron chi connectivity index (χ4n) is 6.67. The van der Waals surface area contributed by atoms with Crippen molar-refractivity contribution in [3.8, 4) is 5.69 Å². The van der Waals surface area contributed by atoms with Crippen molar-refractivity contribution in [2.45, 2.75) is 65.5 Å². The van der Waals surface area contributed by atoms with Crippen LogP contribution in [0.1, 0.15) is 77.2 Å². The maximum absolute atomic E-state index is 14.6. The fraction of sp³-hybridized carbons (Fsp3) is 0.317. The number of hydrogen-bond acceptors (Lipinski definition) is 5. The molecule has 4 aromatic carbocycles. The minimum atomic E-state index is -0.459. The van der Waals surface area contributed by atoms with E-state index in [0.29, 0.717) is 54.5 Å². The molecule has 0 unspecified atom stereocenters. The van der Waals surface area contributed by atoms with Gasteiger partial charge in [-0.05, 0) is 84.5 Å². The van der Waals surface area contributed by atoms with Crippen molar-refractivity contribution in [1.29, 1.82) is 0 Å². The third kappa shape index (κ3) is 7.97. The van der Waals surface area contributed by atoms with Crippen molar-refractivity contribution in [2.24, 2.45) is 0 Å². The SMILES string of the molecule is CCCCN(CCCC)C(=O)c1cc(C)n(-c2ccc(NC(=O)Nc3ccc4ccccc4c3)cc2C(=O)N2Cc3ccccc3C[C@H]2CO)n1. The molecule has 0 radical (unpaired) electrons. The zero-order valence-electron chi connectivity index (χ0n) is 29.6. The first kappa shape index (κ1) is 35.3. The molecule has 10 nitrogen and oxygen atoms in total. The third-order valence-corrected chi connectivity index (χ3v) is 9.50. The molecule has 2 heterocycles. The van der Waals surface area contributed by atoms with Gasteiger partial charge in [-0.25, -0.2) is 9.48 Å². The first-order valence-electron chi connectivity index (χ1n) is 17.8. The molecule has 1 atom stereocenters. The molecule has 264 valence electrons. The van der Waals surface area contributed by atoms with Crippen molar-refractivity contribution in [2.75, 3.05) is 30.3 Å². The van der Waals surface area contributed by atoms with E-state index in [1.807, 2.05) is 78.6 Å². The lowest BCUT2D eigenvalue weighted by Crippen LogP contribution is -2.46. The zero-order chi connectivity index (χ0) is 35.9. The maximum atomic E-state index is 14.6.